The Kier molecular flexibility index (Phi) is 4.83. The first-order valence-corrected chi connectivity index (χ1v) is 7.56. The van der Waals surface area contributed by atoms with Crippen LogP contribution in [0.15, 0.2) is 24.3 Å². The predicted octanol–water partition coefficient (Wildman–Crippen LogP) is 2.89. The molecule has 7 heteroatoms. The first-order chi connectivity index (χ1) is 9.84. The second-order valence-electron chi connectivity index (χ2n) is 4.89. The van der Waals surface area contributed by atoms with E-state index in [2.05, 4.69) is 5.32 Å². The molecule has 1 amide bonds. The van der Waals surface area contributed by atoms with Crippen LogP contribution in [0.4, 0.5) is 13.2 Å². The van der Waals surface area contributed by atoms with E-state index in [-0.39, 0.29) is 16.5 Å². The summed E-state index contributed by atoms with van der Waals surface area (Å²) in [6.45, 7) is 3.01. The molecule has 21 heavy (non-hydrogen) atoms. The maximum Gasteiger partial charge on any atom is 0.416 e. The molecule has 0 spiro atoms. The van der Waals surface area contributed by atoms with Crippen molar-refractivity contribution in [2.45, 2.75) is 23.7 Å². The van der Waals surface area contributed by atoms with E-state index < -0.39 is 11.7 Å². The van der Waals surface area contributed by atoms with Gasteiger partial charge in [0.1, 0.15) is 5.37 Å². The minimum Gasteiger partial charge on any atom is -0.324 e. The van der Waals surface area contributed by atoms with Crippen molar-refractivity contribution >= 4 is 17.7 Å². The van der Waals surface area contributed by atoms with Crippen LogP contribution in [0.25, 0.3) is 0 Å². The number of amides is 1. The molecule has 0 radical (unpaired) electrons. The smallest absolute Gasteiger partial charge is 0.324 e. The maximum atomic E-state index is 12.6. The van der Waals surface area contributed by atoms with Gasteiger partial charge in [0, 0.05) is 13.1 Å². The summed E-state index contributed by atoms with van der Waals surface area (Å²) < 4.78 is 37.8. The van der Waals surface area contributed by atoms with Crippen molar-refractivity contribution in [1.29, 1.82) is 0 Å². The van der Waals surface area contributed by atoms with E-state index in [0.717, 1.165) is 17.7 Å². The Balaban J connectivity index is 2.21. The summed E-state index contributed by atoms with van der Waals surface area (Å²) in [6, 6.07) is 5.05. The number of benzene rings is 1. The molecular weight excluding hydrogens is 301 g/mol. The molecule has 2 rings (SSSR count). The lowest BCUT2D eigenvalue weighted by molar-refractivity contribution is -0.137. The largest absolute Gasteiger partial charge is 0.416 e. The van der Waals surface area contributed by atoms with Crippen molar-refractivity contribution in [3.8, 4) is 0 Å². The van der Waals surface area contributed by atoms with Crippen molar-refractivity contribution in [2.24, 2.45) is 0 Å². The number of nitrogens with zero attached hydrogens (tertiary/aromatic N) is 1. The van der Waals surface area contributed by atoms with Crippen LogP contribution in [0, 0.1) is 0 Å². The highest BCUT2D eigenvalue weighted by Gasteiger charge is 2.38. The number of carbonyl (C=O) groups excluding carboxylic acids is 1. The molecule has 0 aliphatic carbocycles. The van der Waals surface area contributed by atoms with Crippen LogP contribution in [-0.2, 0) is 11.0 Å². The van der Waals surface area contributed by atoms with E-state index in [0.29, 0.717) is 13.1 Å². The van der Waals surface area contributed by atoms with Gasteiger partial charge in [-0.3, -0.25) is 4.79 Å². The fourth-order valence-electron chi connectivity index (χ4n) is 2.23. The fourth-order valence-corrected chi connectivity index (χ4v) is 3.54. The van der Waals surface area contributed by atoms with Crippen molar-refractivity contribution in [3.05, 3.63) is 35.4 Å². The number of hydrogen-bond acceptors (Lipinski definition) is 3. The zero-order valence-corrected chi connectivity index (χ0v) is 12.6. The number of carbonyl (C=O) groups is 1. The zero-order chi connectivity index (χ0) is 15.6. The Morgan fingerprint density at radius 2 is 1.90 bits per heavy atom. The number of nitrogens with one attached hydrogen (secondary N) is 1. The molecule has 0 aromatic heterocycles. The topological polar surface area (TPSA) is 32.3 Å². The molecule has 0 unspecified atom stereocenters. The Morgan fingerprint density at radius 3 is 2.43 bits per heavy atom. The summed E-state index contributed by atoms with van der Waals surface area (Å²) >= 11 is 1.47. The molecule has 1 aliphatic rings. The van der Waals surface area contributed by atoms with Gasteiger partial charge in [0.15, 0.2) is 0 Å². The van der Waals surface area contributed by atoms with Gasteiger partial charge < -0.3 is 10.2 Å². The second kappa shape index (κ2) is 6.27. The van der Waals surface area contributed by atoms with Crippen LogP contribution in [0.5, 0.6) is 0 Å². The van der Waals surface area contributed by atoms with E-state index in [1.54, 1.807) is 11.9 Å². The number of likely N-dealkylation sites (N-methyl/N-ethyl adjacent to an activating group) is 1. The molecule has 0 bridgehead atoms. The van der Waals surface area contributed by atoms with Crippen molar-refractivity contribution < 1.29 is 18.0 Å². The zero-order valence-electron chi connectivity index (χ0n) is 11.8. The van der Waals surface area contributed by atoms with Gasteiger partial charge in [-0.1, -0.05) is 12.1 Å². The van der Waals surface area contributed by atoms with Crippen LogP contribution in [0.2, 0.25) is 0 Å². The van der Waals surface area contributed by atoms with E-state index in [9.17, 15) is 18.0 Å². The van der Waals surface area contributed by atoms with Crippen LogP contribution < -0.4 is 5.32 Å². The van der Waals surface area contributed by atoms with Crippen molar-refractivity contribution in [3.63, 3.8) is 0 Å². The van der Waals surface area contributed by atoms with E-state index in [1.807, 2.05) is 6.92 Å². The van der Waals surface area contributed by atoms with Gasteiger partial charge in [0.05, 0.1) is 10.8 Å². The van der Waals surface area contributed by atoms with Crippen molar-refractivity contribution in [1.82, 2.24) is 10.2 Å². The maximum absolute atomic E-state index is 12.6. The van der Waals surface area contributed by atoms with Crippen LogP contribution in [0.3, 0.4) is 0 Å². The SMILES string of the molecule is CNCCN1C(=O)[C@@H](C)S[C@@H]1c1ccc(C(F)(F)F)cc1. The first kappa shape index (κ1) is 16.2. The molecular formula is C14H17F3N2OS. The van der Waals surface area contributed by atoms with Gasteiger partial charge in [-0.15, -0.1) is 11.8 Å². The van der Waals surface area contributed by atoms with Gasteiger partial charge >= 0.3 is 6.18 Å². The number of alkyl halides is 3. The molecule has 2 atom stereocenters. The van der Waals surface area contributed by atoms with Crippen molar-refractivity contribution in [2.75, 3.05) is 20.1 Å². The van der Waals surface area contributed by atoms with E-state index in [4.69, 9.17) is 0 Å². The molecule has 1 aromatic carbocycles. The lowest BCUT2D eigenvalue weighted by atomic mass is 10.1. The van der Waals surface area contributed by atoms with E-state index >= 15 is 0 Å². The van der Waals surface area contributed by atoms with Crippen LogP contribution in [-0.4, -0.2) is 36.2 Å². The summed E-state index contributed by atoms with van der Waals surface area (Å²) in [5.41, 5.74) is 0.0530. The minimum absolute atomic E-state index is 0.0279. The third-order valence-corrected chi connectivity index (χ3v) is 4.77. The normalized spacial score (nSPS) is 22.9. The number of thioether (sulfide) groups is 1. The summed E-state index contributed by atoms with van der Waals surface area (Å²) in [6.07, 6.45) is -4.34. The van der Waals surface area contributed by atoms with Gasteiger partial charge in [-0.05, 0) is 31.7 Å². The lowest BCUT2D eigenvalue weighted by Crippen LogP contribution is -2.35. The quantitative estimate of drug-likeness (QED) is 0.926. The number of halogens is 3. The van der Waals surface area contributed by atoms with Gasteiger partial charge in [-0.25, -0.2) is 0 Å². The minimum atomic E-state index is -4.34. The molecule has 1 N–H and O–H groups in total. The molecule has 1 fully saturated rings. The molecule has 1 heterocycles. The third kappa shape index (κ3) is 3.52. The summed E-state index contributed by atoms with van der Waals surface area (Å²) in [7, 11) is 1.80. The standard InChI is InChI=1S/C14H17F3N2OS/c1-9-12(20)19(8-7-18-2)13(21-9)10-3-5-11(6-4-10)14(15,16)17/h3-6,9,13,18H,7-8H2,1-2H3/t9-,13-/m1/s1. The average molecular weight is 318 g/mol. The van der Waals surface area contributed by atoms with Gasteiger partial charge in [0.2, 0.25) is 5.91 Å². The highest BCUT2D eigenvalue weighted by Crippen LogP contribution is 2.43. The van der Waals surface area contributed by atoms with Crippen LogP contribution in [0.1, 0.15) is 23.4 Å². The molecule has 116 valence electrons. The van der Waals surface area contributed by atoms with Gasteiger partial charge in [-0.2, -0.15) is 13.2 Å². The molecule has 0 saturated carbocycles. The highest BCUT2D eigenvalue weighted by molar-refractivity contribution is 8.01. The fraction of sp³-hybridized carbons (Fsp3) is 0.500. The Labute approximate surface area is 125 Å². The lowest BCUT2D eigenvalue weighted by Gasteiger charge is -2.24. The third-order valence-electron chi connectivity index (χ3n) is 3.37. The number of hydrogen-bond donors (Lipinski definition) is 1. The molecule has 1 aromatic rings. The first-order valence-electron chi connectivity index (χ1n) is 6.62. The second-order valence-corrected chi connectivity index (χ2v) is 6.31. The Bertz CT molecular complexity index is 504. The number of rotatable bonds is 4. The molecule has 1 saturated heterocycles. The molecule has 1 aliphatic heterocycles. The van der Waals surface area contributed by atoms with Gasteiger partial charge in [0.25, 0.3) is 0 Å². The molecule has 3 nitrogen and oxygen atoms in total. The summed E-state index contributed by atoms with van der Waals surface area (Å²) in [5, 5.41) is 2.59. The van der Waals surface area contributed by atoms with Crippen LogP contribution >= 0.6 is 11.8 Å². The monoisotopic (exact) mass is 318 g/mol. The summed E-state index contributed by atoms with van der Waals surface area (Å²) in [5.74, 6) is 0.0279. The highest BCUT2D eigenvalue weighted by atomic mass is 32.2. The average Bonchev–Trinajstić information content (AvgIpc) is 2.72. The van der Waals surface area contributed by atoms with E-state index in [1.165, 1.54) is 23.9 Å². The Morgan fingerprint density at radius 1 is 1.29 bits per heavy atom. The Hall–Kier alpha value is -1.21. The predicted molar refractivity (Wildman–Crippen MR) is 76.9 cm³/mol. The summed E-state index contributed by atoms with van der Waals surface area (Å²) in [4.78, 5) is 13.8.